The second-order valence-corrected chi connectivity index (χ2v) is 6.61. The number of hydrogen-bond donors (Lipinski definition) is 1. The lowest BCUT2D eigenvalue weighted by atomic mass is 9.97. The van der Waals surface area contributed by atoms with Crippen molar-refractivity contribution in [2.24, 2.45) is 0 Å². The quantitative estimate of drug-likeness (QED) is 0.914. The molecule has 3 rings (SSSR count). The predicted octanol–water partition coefficient (Wildman–Crippen LogP) is 1.76. The van der Waals surface area contributed by atoms with E-state index in [2.05, 4.69) is 9.97 Å². The first-order valence-electron chi connectivity index (χ1n) is 7.29. The van der Waals surface area contributed by atoms with Gasteiger partial charge in [-0.05, 0) is 31.2 Å². The molecule has 1 N–H and O–H groups in total. The SMILES string of the molecule is CC(=O)N(Cc1nc2sc3c(c2c(=O)[nH]1)CCCC3)C(C)=O. The number of fused-ring (bicyclic) bond motifs is 3. The number of aryl methyl sites for hydroxylation is 2. The monoisotopic (exact) mass is 319 g/mol. The van der Waals surface area contributed by atoms with E-state index in [9.17, 15) is 14.4 Å². The van der Waals surface area contributed by atoms with Crippen LogP contribution in [-0.2, 0) is 29.0 Å². The zero-order chi connectivity index (χ0) is 15.9. The molecular formula is C15H17N3O3S. The van der Waals surface area contributed by atoms with E-state index in [0.717, 1.165) is 36.1 Å². The van der Waals surface area contributed by atoms with Crippen LogP contribution in [0.4, 0.5) is 0 Å². The lowest BCUT2D eigenvalue weighted by Crippen LogP contribution is -2.34. The Labute approximate surface area is 131 Å². The van der Waals surface area contributed by atoms with Crippen molar-refractivity contribution in [2.45, 2.75) is 46.1 Å². The molecule has 0 fully saturated rings. The molecule has 1 aliphatic rings. The first-order valence-corrected chi connectivity index (χ1v) is 8.11. The molecule has 0 aliphatic heterocycles. The Hall–Kier alpha value is -2.02. The van der Waals surface area contributed by atoms with Crippen LogP contribution in [0.15, 0.2) is 4.79 Å². The molecule has 0 unspecified atom stereocenters. The zero-order valence-corrected chi connectivity index (χ0v) is 13.4. The lowest BCUT2D eigenvalue weighted by molar-refractivity contribution is -0.142. The van der Waals surface area contributed by atoms with Crippen LogP contribution in [0.2, 0.25) is 0 Å². The third-order valence-corrected chi connectivity index (χ3v) is 5.13. The minimum absolute atomic E-state index is 0.00157. The smallest absolute Gasteiger partial charge is 0.259 e. The molecule has 0 spiro atoms. The highest BCUT2D eigenvalue weighted by Gasteiger charge is 2.21. The number of nitrogens with one attached hydrogen (secondary N) is 1. The van der Waals surface area contributed by atoms with Gasteiger partial charge in [0.15, 0.2) is 0 Å². The minimum Gasteiger partial charge on any atom is -0.308 e. The van der Waals surface area contributed by atoms with Crippen LogP contribution < -0.4 is 5.56 Å². The van der Waals surface area contributed by atoms with Crippen molar-refractivity contribution < 1.29 is 9.59 Å². The fraction of sp³-hybridized carbons (Fsp3) is 0.467. The molecule has 0 saturated heterocycles. The number of carbonyl (C=O) groups is 2. The van der Waals surface area contributed by atoms with Crippen molar-refractivity contribution in [3.05, 3.63) is 26.6 Å². The molecule has 0 aromatic carbocycles. The third kappa shape index (κ3) is 2.56. The highest BCUT2D eigenvalue weighted by atomic mass is 32.1. The summed E-state index contributed by atoms with van der Waals surface area (Å²) in [5.74, 6) is -0.372. The van der Waals surface area contributed by atoms with E-state index in [1.807, 2.05) is 0 Å². The third-order valence-electron chi connectivity index (χ3n) is 3.94. The van der Waals surface area contributed by atoms with E-state index in [1.54, 1.807) is 11.3 Å². The van der Waals surface area contributed by atoms with Crippen LogP contribution in [0.1, 0.15) is 43.0 Å². The number of aromatic nitrogens is 2. The number of carbonyl (C=O) groups excluding carboxylic acids is 2. The van der Waals surface area contributed by atoms with Gasteiger partial charge in [0.1, 0.15) is 10.7 Å². The Kier molecular flexibility index (Phi) is 3.82. The molecule has 1 aliphatic carbocycles. The fourth-order valence-corrected chi connectivity index (χ4v) is 4.16. The Morgan fingerprint density at radius 3 is 2.59 bits per heavy atom. The molecular weight excluding hydrogens is 302 g/mol. The summed E-state index contributed by atoms with van der Waals surface area (Å²) in [4.78, 5) is 45.5. The molecule has 0 bridgehead atoms. The summed E-state index contributed by atoms with van der Waals surface area (Å²) in [6.45, 7) is 2.64. The van der Waals surface area contributed by atoms with E-state index < -0.39 is 0 Å². The van der Waals surface area contributed by atoms with E-state index in [0.29, 0.717) is 16.0 Å². The van der Waals surface area contributed by atoms with Crippen molar-refractivity contribution in [2.75, 3.05) is 0 Å². The van der Waals surface area contributed by atoms with E-state index in [1.165, 1.54) is 18.7 Å². The number of hydrogen-bond acceptors (Lipinski definition) is 5. The number of H-pyrrole nitrogens is 1. The zero-order valence-electron chi connectivity index (χ0n) is 12.6. The molecule has 6 nitrogen and oxygen atoms in total. The summed E-state index contributed by atoms with van der Waals surface area (Å²) in [6.07, 6.45) is 4.17. The maximum absolute atomic E-state index is 12.4. The van der Waals surface area contributed by atoms with Gasteiger partial charge < -0.3 is 4.98 Å². The van der Waals surface area contributed by atoms with Crippen molar-refractivity contribution in [1.82, 2.24) is 14.9 Å². The lowest BCUT2D eigenvalue weighted by Gasteiger charge is -2.16. The minimum atomic E-state index is -0.360. The Morgan fingerprint density at radius 1 is 1.23 bits per heavy atom. The first-order chi connectivity index (χ1) is 10.5. The molecule has 116 valence electrons. The first kappa shape index (κ1) is 14.9. The highest BCUT2D eigenvalue weighted by molar-refractivity contribution is 7.18. The van der Waals surface area contributed by atoms with Gasteiger partial charge in [0.25, 0.3) is 5.56 Å². The molecule has 0 radical (unpaired) electrons. The van der Waals surface area contributed by atoms with Gasteiger partial charge in [-0.1, -0.05) is 0 Å². The summed E-state index contributed by atoms with van der Waals surface area (Å²) in [6, 6.07) is 0. The van der Waals surface area contributed by atoms with Gasteiger partial charge >= 0.3 is 0 Å². The number of imide groups is 1. The average Bonchev–Trinajstić information content (AvgIpc) is 2.82. The number of rotatable bonds is 2. The highest BCUT2D eigenvalue weighted by Crippen LogP contribution is 2.33. The summed E-state index contributed by atoms with van der Waals surface area (Å²) in [5, 5.41) is 0.681. The largest absolute Gasteiger partial charge is 0.308 e. The predicted molar refractivity (Wildman–Crippen MR) is 83.8 cm³/mol. The standard InChI is InChI=1S/C15H17N3O3S/c1-8(19)18(9(2)20)7-12-16-14(21)13-10-5-3-4-6-11(10)22-15(13)17-12/h3-7H2,1-2H3,(H,16,17,21). The van der Waals surface area contributed by atoms with Gasteiger partial charge in [-0.3, -0.25) is 19.3 Å². The van der Waals surface area contributed by atoms with E-state index in [4.69, 9.17) is 0 Å². The summed E-state index contributed by atoms with van der Waals surface area (Å²) in [7, 11) is 0. The second kappa shape index (κ2) is 5.64. The van der Waals surface area contributed by atoms with Gasteiger partial charge in [0.2, 0.25) is 11.8 Å². The van der Waals surface area contributed by atoms with Crippen molar-refractivity contribution >= 4 is 33.4 Å². The van der Waals surface area contributed by atoms with Crippen molar-refractivity contribution in [3.8, 4) is 0 Å². The molecule has 2 aromatic rings. The van der Waals surface area contributed by atoms with Crippen LogP contribution >= 0.6 is 11.3 Å². The average molecular weight is 319 g/mol. The Bertz CT molecular complexity index is 807. The summed E-state index contributed by atoms with van der Waals surface area (Å²) >= 11 is 1.55. The fourth-order valence-electron chi connectivity index (χ4n) is 2.88. The molecule has 22 heavy (non-hydrogen) atoms. The van der Waals surface area contributed by atoms with Crippen molar-refractivity contribution in [1.29, 1.82) is 0 Å². The Balaban J connectivity index is 2.04. The maximum Gasteiger partial charge on any atom is 0.259 e. The molecule has 2 amide bonds. The van der Waals surface area contributed by atoms with Crippen LogP contribution in [-0.4, -0.2) is 26.7 Å². The molecule has 7 heteroatoms. The van der Waals surface area contributed by atoms with E-state index in [-0.39, 0.29) is 23.9 Å². The topological polar surface area (TPSA) is 83.1 Å². The summed E-state index contributed by atoms with van der Waals surface area (Å²) < 4.78 is 0. The Morgan fingerprint density at radius 2 is 1.91 bits per heavy atom. The number of nitrogens with zero attached hydrogens (tertiary/aromatic N) is 2. The van der Waals surface area contributed by atoms with Gasteiger partial charge in [0.05, 0.1) is 11.9 Å². The molecule has 0 saturated carbocycles. The number of amides is 2. The summed E-state index contributed by atoms with van der Waals surface area (Å²) in [5.41, 5.74) is 0.952. The van der Waals surface area contributed by atoms with Crippen LogP contribution in [0, 0.1) is 0 Å². The van der Waals surface area contributed by atoms with Crippen LogP contribution in [0.25, 0.3) is 10.2 Å². The molecule has 0 atom stereocenters. The van der Waals surface area contributed by atoms with Crippen LogP contribution in [0.5, 0.6) is 0 Å². The van der Waals surface area contributed by atoms with Gasteiger partial charge in [-0.15, -0.1) is 11.3 Å². The molecule has 2 heterocycles. The van der Waals surface area contributed by atoms with Gasteiger partial charge in [-0.25, -0.2) is 4.98 Å². The second-order valence-electron chi connectivity index (χ2n) is 5.53. The van der Waals surface area contributed by atoms with Gasteiger partial charge in [-0.2, -0.15) is 0 Å². The molecule has 2 aromatic heterocycles. The van der Waals surface area contributed by atoms with Crippen LogP contribution in [0.3, 0.4) is 0 Å². The number of aromatic amines is 1. The normalized spacial score (nSPS) is 13.9. The van der Waals surface area contributed by atoms with Gasteiger partial charge in [0, 0.05) is 18.7 Å². The van der Waals surface area contributed by atoms with Crippen molar-refractivity contribution in [3.63, 3.8) is 0 Å². The maximum atomic E-state index is 12.4. The number of thiophene rings is 1. The van der Waals surface area contributed by atoms with E-state index >= 15 is 0 Å².